The summed E-state index contributed by atoms with van der Waals surface area (Å²) in [5, 5.41) is 2.69. The summed E-state index contributed by atoms with van der Waals surface area (Å²) >= 11 is 3.25. The van der Waals surface area contributed by atoms with Crippen LogP contribution >= 0.6 is 15.9 Å². The third kappa shape index (κ3) is 5.61. The zero-order chi connectivity index (χ0) is 15.0. The molecule has 1 amide bonds. The molecule has 0 aromatic heterocycles. The van der Waals surface area contributed by atoms with Crippen molar-refractivity contribution >= 4 is 33.5 Å². The number of carbonyl (C=O) groups is 2. The second-order valence-electron chi connectivity index (χ2n) is 4.36. The molecule has 0 saturated heterocycles. The van der Waals surface area contributed by atoms with Crippen LogP contribution in [0.5, 0.6) is 0 Å². The van der Waals surface area contributed by atoms with Crippen molar-refractivity contribution in [2.45, 2.75) is 26.2 Å². The molecule has 0 aliphatic rings. The Labute approximate surface area is 127 Å². The maximum Gasteiger partial charge on any atom is 0.340 e. The van der Waals surface area contributed by atoms with Gasteiger partial charge in [0.1, 0.15) is 0 Å². The highest BCUT2D eigenvalue weighted by atomic mass is 79.9. The van der Waals surface area contributed by atoms with E-state index in [1.54, 1.807) is 18.2 Å². The van der Waals surface area contributed by atoms with Crippen LogP contribution in [0.15, 0.2) is 22.7 Å². The fraction of sp³-hybridized carbons (Fsp3) is 0.429. The molecule has 0 atom stereocenters. The Morgan fingerprint density at radius 1 is 1.35 bits per heavy atom. The maximum absolute atomic E-state index is 11.8. The second kappa shape index (κ2) is 8.58. The molecular weight excluding hydrogens is 324 g/mol. The van der Waals surface area contributed by atoms with E-state index < -0.39 is 5.97 Å². The van der Waals surface area contributed by atoms with Gasteiger partial charge in [-0.25, -0.2) is 4.79 Å². The molecule has 110 valence electrons. The number of nitrogens with one attached hydrogen (secondary N) is 1. The quantitative estimate of drug-likeness (QED) is 0.453. The van der Waals surface area contributed by atoms with E-state index in [4.69, 9.17) is 10.5 Å². The van der Waals surface area contributed by atoms with E-state index >= 15 is 0 Å². The van der Waals surface area contributed by atoms with Gasteiger partial charge in [0, 0.05) is 16.7 Å². The minimum atomic E-state index is -0.604. The molecule has 1 rings (SSSR count). The Hall–Kier alpha value is -1.56. The van der Waals surface area contributed by atoms with Gasteiger partial charge in [-0.05, 0) is 24.6 Å². The van der Waals surface area contributed by atoms with Gasteiger partial charge in [0.2, 0.25) is 0 Å². The normalized spacial score (nSPS) is 10.1. The van der Waals surface area contributed by atoms with Crippen molar-refractivity contribution < 1.29 is 14.3 Å². The van der Waals surface area contributed by atoms with Gasteiger partial charge >= 0.3 is 5.97 Å². The SMILES string of the molecule is CCCCCNC(=O)COC(=O)c1cc(Br)ccc1N. The molecule has 5 nitrogen and oxygen atoms in total. The molecule has 0 unspecified atom stereocenters. The van der Waals surface area contributed by atoms with Crippen molar-refractivity contribution in [3.05, 3.63) is 28.2 Å². The predicted octanol–water partition coefficient (Wildman–Crippen LogP) is 2.49. The molecular formula is C14H19BrN2O3. The molecule has 20 heavy (non-hydrogen) atoms. The van der Waals surface area contributed by atoms with Crippen molar-refractivity contribution in [3.8, 4) is 0 Å². The summed E-state index contributed by atoms with van der Waals surface area (Å²) in [6.07, 6.45) is 3.08. The summed E-state index contributed by atoms with van der Waals surface area (Å²) in [6.45, 7) is 2.39. The Balaban J connectivity index is 2.39. The number of ether oxygens (including phenoxy) is 1. The summed E-state index contributed by atoms with van der Waals surface area (Å²) in [5.41, 5.74) is 6.26. The monoisotopic (exact) mass is 342 g/mol. The van der Waals surface area contributed by atoms with E-state index in [2.05, 4.69) is 28.2 Å². The first kappa shape index (κ1) is 16.5. The van der Waals surface area contributed by atoms with Crippen LogP contribution in [0.25, 0.3) is 0 Å². The van der Waals surface area contributed by atoms with Crippen LogP contribution in [-0.4, -0.2) is 25.0 Å². The molecule has 0 spiro atoms. The number of esters is 1. The highest BCUT2D eigenvalue weighted by Crippen LogP contribution is 2.19. The molecule has 6 heteroatoms. The van der Waals surface area contributed by atoms with Crippen LogP contribution in [0.4, 0.5) is 5.69 Å². The number of amides is 1. The van der Waals surface area contributed by atoms with Gasteiger partial charge in [0.25, 0.3) is 5.91 Å². The van der Waals surface area contributed by atoms with Gasteiger partial charge in [-0.15, -0.1) is 0 Å². The molecule has 0 aliphatic heterocycles. The average Bonchev–Trinajstić information content (AvgIpc) is 2.43. The summed E-state index contributed by atoms with van der Waals surface area (Å²) in [4.78, 5) is 23.3. The lowest BCUT2D eigenvalue weighted by Gasteiger charge is -2.08. The zero-order valence-electron chi connectivity index (χ0n) is 11.4. The van der Waals surface area contributed by atoms with Crippen LogP contribution in [0.1, 0.15) is 36.5 Å². The number of unbranched alkanes of at least 4 members (excludes halogenated alkanes) is 2. The first-order valence-electron chi connectivity index (χ1n) is 6.53. The third-order valence-electron chi connectivity index (χ3n) is 2.67. The number of hydrogen-bond donors (Lipinski definition) is 2. The molecule has 0 bridgehead atoms. The van der Waals surface area contributed by atoms with E-state index in [-0.39, 0.29) is 18.1 Å². The van der Waals surface area contributed by atoms with Crippen LogP contribution in [-0.2, 0) is 9.53 Å². The molecule has 0 saturated carbocycles. The Bertz CT molecular complexity index is 477. The molecule has 0 heterocycles. The predicted molar refractivity (Wildman–Crippen MR) is 81.4 cm³/mol. The van der Waals surface area contributed by atoms with Crippen LogP contribution < -0.4 is 11.1 Å². The lowest BCUT2D eigenvalue weighted by Crippen LogP contribution is -2.29. The standard InChI is InChI=1S/C14H19BrN2O3/c1-2-3-4-7-17-13(18)9-20-14(19)11-8-10(15)5-6-12(11)16/h5-6,8H,2-4,7,9,16H2,1H3,(H,17,18). The summed E-state index contributed by atoms with van der Waals surface area (Å²) < 4.78 is 5.66. The smallest absolute Gasteiger partial charge is 0.340 e. The minimum absolute atomic E-state index is 0.248. The van der Waals surface area contributed by atoms with E-state index in [0.717, 1.165) is 23.7 Å². The summed E-state index contributed by atoms with van der Waals surface area (Å²) in [5.74, 6) is -0.907. The average molecular weight is 343 g/mol. The fourth-order valence-electron chi connectivity index (χ4n) is 1.57. The largest absolute Gasteiger partial charge is 0.452 e. The number of carbonyl (C=O) groups excluding carboxylic acids is 2. The fourth-order valence-corrected chi connectivity index (χ4v) is 1.93. The topological polar surface area (TPSA) is 81.4 Å². The molecule has 0 aliphatic carbocycles. The molecule has 1 aromatic carbocycles. The molecule has 3 N–H and O–H groups in total. The highest BCUT2D eigenvalue weighted by molar-refractivity contribution is 9.10. The zero-order valence-corrected chi connectivity index (χ0v) is 13.0. The van der Waals surface area contributed by atoms with Crippen LogP contribution in [0.3, 0.4) is 0 Å². The maximum atomic E-state index is 11.8. The van der Waals surface area contributed by atoms with Crippen LogP contribution in [0.2, 0.25) is 0 Å². The number of halogens is 1. The number of nitrogens with two attached hydrogens (primary N) is 1. The molecule has 1 aromatic rings. The minimum Gasteiger partial charge on any atom is -0.452 e. The van der Waals surface area contributed by atoms with Gasteiger partial charge in [0.15, 0.2) is 6.61 Å². The van der Waals surface area contributed by atoms with Crippen molar-refractivity contribution in [3.63, 3.8) is 0 Å². The number of nitrogen functional groups attached to an aromatic ring is 1. The summed E-state index contributed by atoms with van der Waals surface area (Å²) in [6, 6.07) is 4.90. The Morgan fingerprint density at radius 2 is 2.10 bits per heavy atom. The van der Waals surface area contributed by atoms with Crippen molar-refractivity contribution in [2.24, 2.45) is 0 Å². The van der Waals surface area contributed by atoms with Crippen LogP contribution in [0, 0.1) is 0 Å². The lowest BCUT2D eigenvalue weighted by molar-refractivity contribution is -0.124. The van der Waals surface area contributed by atoms with Crippen molar-refractivity contribution in [1.82, 2.24) is 5.32 Å². The number of hydrogen-bond acceptors (Lipinski definition) is 4. The number of anilines is 1. The van der Waals surface area contributed by atoms with E-state index in [1.165, 1.54) is 0 Å². The Kier molecular flexibility index (Phi) is 7.08. The first-order valence-corrected chi connectivity index (χ1v) is 7.32. The summed E-state index contributed by atoms with van der Waals surface area (Å²) in [7, 11) is 0. The van der Waals surface area contributed by atoms with Crippen molar-refractivity contribution in [2.75, 3.05) is 18.9 Å². The molecule has 0 fully saturated rings. The van der Waals surface area contributed by atoms with Gasteiger partial charge < -0.3 is 15.8 Å². The Morgan fingerprint density at radius 3 is 2.80 bits per heavy atom. The van der Waals surface area contributed by atoms with Crippen molar-refractivity contribution in [1.29, 1.82) is 0 Å². The van der Waals surface area contributed by atoms with Gasteiger partial charge in [0.05, 0.1) is 5.56 Å². The third-order valence-corrected chi connectivity index (χ3v) is 3.17. The second-order valence-corrected chi connectivity index (χ2v) is 5.28. The molecule has 0 radical (unpaired) electrons. The first-order chi connectivity index (χ1) is 9.54. The number of rotatable bonds is 7. The van der Waals surface area contributed by atoms with Gasteiger partial charge in [-0.3, -0.25) is 4.79 Å². The van der Waals surface area contributed by atoms with E-state index in [1.807, 2.05) is 0 Å². The van der Waals surface area contributed by atoms with Gasteiger partial charge in [-0.2, -0.15) is 0 Å². The highest BCUT2D eigenvalue weighted by Gasteiger charge is 2.13. The van der Waals surface area contributed by atoms with Gasteiger partial charge in [-0.1, -0.05) is 35.7 Å². The number of benzene rings is 1. The van der Waals surface area contributed by atoms with E-state index in [0.29, 0.717) is 12.2 Å². The lowest BCUT2D eigenvalue weighted by atomic mass is 10.2. The van der Waals surface area contributed by atoms with E-state index in [9.17, 15) is 9.59 Å².